The summed E-state index contributed by atoms with van der Waals surface area (Å²) in [5, 5.41) is 23.0. The van der Waals surface area contributed by atoms with E-state index < -0.39 is 12.1 Å². The van der Waals surface area contributed by atoms with Crippen LogP contribution in [0.4, 0.5) is 0 Å². The van der Waals surface area contributed by atoms with Gasteiger partial charge in [0.1, 0.15) is 0 Å². The summed E-state index contributed by atoms with van der Waals surface area (Å²) in [6, 6.07) is -0.635. The Morgan fingerprint density at radius 2 is 0.864 bits per heavy atom. The first-order chi connectivity index (χ1) is 29.0. The molecule has 0 radical (unpaired) electrons. The van der Waals surface area contributed by atoms with Crippen molar-refractivity contribution < 1.29 is 24.5 Å². The molecule has 0 bridgehead atoms. The van der Waals surface area contributed by atoms with Crippen LogP contribution in [-0.4, -0.2) is 47.4 Å². The average molecular weight is 828 g/mol. The summed E-state index contributed by atoms with van der Waals surface area (Å²) in [5.41, 5.74) is 0. The number of esters is 1. The third-order valence-electron chi connectivity index (χ3n) is 11.3. The van der Waals surface area contributed by atoms with Gasteiger partial charge in [0.05, 0.1) is 25.4 Å². The molecule has 3 N–H and O–H groups in total. The van der Waals surface area contributed by atoms with Crippen molar-refractivity contribution in [1.29, 1.82) is 0 Å². The molecule has 344 valence electrons. The number of carbonyl (C=O) groups is 2. The summed E-state index contributed by atoms with van der Waals surface area (Å²) in [4.78, 5) is 24.3. The number of nitrogens with one attached hydrogen (secondary N) is 1. The van der Waals surface area contributed by atoms with E-state index in [9.17, 15) is 19.8 Å². The van der Waals surface area contributed by atoms with E-state index in [1.54, 1.807) is 6.08 Å². The molecule has 0 aromatic rings. The molecule has 2 atom stereocenters. The molecule has 0 fully saturated rings. The van der Waals surface area contributed by atoms with Gasteiger partial charge in [-0.05, 0) is 83.5 Å². The van der Waals surface area contributed by atoms with Crippen molar-refractivity contribution in [3.8, 4) is 0 Å². The zero-order valence-corrected chi connectivity index (χ0v) is 39.0. The van der Waals surface area contributed by atoms with Gasteiger partial charge in [0.2, 0.25) is 5.91 Å². The van der Waals surface area contributed by atoms with Gasteiger partial charge in [-0.25, -0.2) is 0 Å². The van der Waals surface area contributed by atoms with E-state index in [4.69, 9.17) is 4.74 Å². The van der Waals surface area contributed by atoms with Gasteiger partial charge in [-0.1, -0.05) is 204 Å². The highest BCUT2D eigenvalue weighted by Gasteiger charge is 2.18. The van der Waals surface area contributed by atoms with Gasteiger partial charge in [0.15, 0.2) is 0 Å². The van der Waals surface area contributed by atoms with E-state index in [0.29, 0.717) is 19.4 Å². The zero-order valence-electron chi connectivity index (χ0n) is 39.0. The highest BCUT2D eigenvalue weighted by atomic mass is 16.5. The minimum Gasteiger partial charge on any atom is -0.466 e. The van der Waals surface area contributed by atoms with Crippen LogP contribution in [0.15, 0.2) is 48.6 Å². The first-order valence-electron chi connectivity index (χ1n) is 25.4. The van der Waals surface area contributed by atoms with Crippen molar-refractivity contribution in [3.05, 3.63) is 48.6 Å². The Morgan fingerprint density at radius 3 is 1.36 bits per heavy atom. The van der Waals surface area contributed by atoms with Crippen molar-refractivity contribution in [1.82, 2.24) is 5.32 Å². The second-order valence-corrected chi connectivity index (χ2v) is 17.2. The van der Waals surface area contributed by atoms with Crippen LogP contribution < -0.4 is 5.32 Å². The van der Waals surface area contributed by atoms with E-state index in [-0.39, 0.29) is 18.5 Å². The van der Waals surface area contributed by atoms with Crippen molar-refractivity contribution in [3.63, 3.8) is 0 Å². The number of aliphatic hydroxyl groups excluding tert-OH is 2. The average Bonchev–Trinajstić information content (AvgIpc) is 3.24. The number of rotatable bonds is 46. The maximum Gasteiger partial charge on any atom is 0.305 e. The van der Waals surface area contributed by atoms with Gasteiger partial charge >= 0.3 is 5.97 Å². The van der Waals surface area contributed by atoms with E-state index in [0.717, 1.165) is 77.0 Å². The van der Waals surface area contributed by atoms with Crippen molar-refractivity contribution in [2.75, 3.05) is 13.2 Å². The zero-order chi connectivity index (χ0) is 43.0. The molecule has 0 rings (SSSR count). The van der Waals surface area contributed by atoms with Gasteiger partial charge in [0, 0.05) is 12.8 Å². The molecular weight excluding hydrogens is 731 g/mol. The highest BCUT2D eigenvalue weighted by Crippen LogP contribution is 2.14. The Balaban J connectivity index is 3.53. The SMILES string of the molecule is CCCC/C=C\CCCCCCCC(=O)OCCCCC/C=C\C=C/CCCCCCCCCCCCC(=O)NC(CO)C(O)/C=C/CCCCCCCCCCCC. The molecular formula is C53H97NO5. The van der Waals surface area contributed by atoms with Crippen LogP contribution in [0, 0.1) is 0 Å². The molecule has 1 amide bonds. The lowest BCUT2D eigenvalue weighted by atomic mass is 10.0. The maximum absolute atomic E-state index is 12.4. The summed E-state index contributed by atoms with van der Waals surface area (Å²) in [7, 11) is 0. The largest absolute Gasteiger partial charge is 0.466 e. The van der Waals surface area contributed by atoms with Crippen LogP contribution >= 0.6 is 0 Å². The van der Waals surface area contributed by atoms with Crippen molar-refractivity contribution in [2.24, 2.45) is 0 Å². The maximum atomic E-state index is 12.4. The predicted molar refractivity (Wildman–Crippen MR) is 255 cm³/mol. The smallest absolute Gasteiger partial charge is 0.305 e. The lowest BCUT2D eigenvalue weighted by molar-refractivity contribution is -0.143. The number of amides is 1. The van der Waals surface area contributed by atoms with Crippen molar-refractivity contribution in [2.45, 2.75) is 264 Å². The number of unbranched alkanes of at least 4 members (excludes halogenated alkanes) is 30. The van der Waals surface area contributed by atoms with E-state index in [1.807, 2.05) is 6.08 Å². The minimum atomic E-state index is -0.850. The van der Waals surface area contributed by atoms with Crippen LogP contribution in [0.25, 0.3) is 0 Å². The van der Waals surface area contributed by atoms with Gasteiger partial charge in [0.25, 0.3) is 0 Å². The molecule has 0 aliphatic heterocycles. The molecule has 0 saturated heterocycles. The Morgan fingerprint density at radius 1 is 0.475 bits per heavy atom. The first kappa shape index (κ1) is 56.8. The molecule has 2 unspecified atom stereocenters. The third kappa shape index (κ3) is 45.2. The van der Waals surface area contributed by atoms with E-state index >= 15 is 0 Å². The number of ether oxygens (including phenoxy) is 1. The van der Waals surface area contributed by atoms with Crippen LogP contribution in [0.1, 0.15) is 251 Å². The number of aliphatic hydroxyl groups is 2. The fourth-order valence-corrected chi connectivity index (χ4v) is 7.37. The van der Waals surface area contributed by atoms with Crippen LogP contribution in [-0.2, 0) is 14.3 Å². The highest BCUT2D eigenvalue weighted by molar-refractivity contribution is 5.76. The van der Waals surface area contributed by atoms with E-state index in [1.165, 1.54) is 148 Å². The number of allylic oxidation sites excluding steroid dienone is 7. The Labute approximate surface area is 366 Å². The molecule has 0 aromatic carbocycles. The number of hydrogen-bond acceptors (Lipinski definition) is 5. The Hall–Kier alpha value is -2.18. The lowest BCUT2D eigenvalue weighted by Gasteiger charge is -2.20. The quantitative estimate of drug-likeness (QED) is 0.0246. The van der Waals surface area contributed by atoms with Crippen LogP contribution in [0.2, 0.25) is 0 Å². The third-order valence-corrected chi connectivity index (χ3v) is 11.3. The molecule has 0 aliphatic carbocycles. The van der Waals surface area contributed by atoms with Gasteiger partial charge in [-0.15, -0.1) is 0 Å². The summed E-state index contributed by atoms with van der Waals surface area (Å²) < 4.78 is 5.42. The van der Waals surface area contributed by atoms with Crippen LogP contribution in [0.5, 0.6) is 0 Å². The fourth-order valence-electron chi connectivity index (χ4n) is 7.37. The Kier molecular flexibility index (Phi) is 46.7. The van der Waals surface area contributed by atoms with Crippen molar-refractivity contribution >= 4 is 11.9 Å². The molecule has 0 aliphatic rings. The standard InChI is InChI=1S/C53H97NO5/c1-3-5-7-9-11-13-15-26-29-33-37-41-45-51(56)50(49-55)54-52(57)46-42-38-34-30-27-23-21-19-17-16-18-20-22-24-28-32-36-40-44-48-59-53(58)47-43-39-35-31-25-14-12-10-8-6-4-2/h10,12,20,22,24,28,41,45,50-51,55-56H,3-9,11,13-19,21,23,25-27,29-40,42-44,46-49H2,1-2H3,(H,54,57)/b12-10-,22-20-,28-24-,45-41+. The van der Waals surface area contributed by atoms with Gasteiger partial charge < -0.3 is 20.3 Å². The minimum absolute atomic E-state index is 0.0263. The second kappa shape index (κ2) is 48.5. The number of hydrogen-bond donors (Lipinski definition) is 3. The fraction of sp³-hybridized carbons (Fsp3) is 0.811. The topological polar surface area (TPSA) is 95.9 Å². The Bertz CT molecular complexity index is 1000. The molecule has 0 saturated carbocycles. The number of carbonyl (C=O) groups excluding carboxylic acids is 2. The van der Waals surface area contributed by atoms with E-state index in [2.05, 4.69) is 55.6 Å². The summed E-state index contributed by atoms with van der Waals surface area (Å²) in [6.45, 7) is 4.80. The summed E-state index contributed by atoms with van der Waals surface area (Å²) in [5.74, 6) is -0.107. The lowest BCUT2D eigenvalue weighted by Crippen LogP contribution is -2.45. The predicted octanol–water partition coefficient (Wildman–Crippen LogP) is 15.1. The summed E-state index contributed by atoms with van der Waals surface area (Å²) in [6.07, 6.45) is 59.7. The molecule has 6 heteroatoms. The molecule has 6 nitrogen and oxygen atoms in total. The van der Waals surface area contributed by atoms with Crippen LogP contribution in [0.3, 0.4) is 0 Å². The van der Waals surface area contributed by atoms with Gasteiger partial charge in [-0.3, -0.25) is 9.59 Å². The molecule has 0 spiro atoms. The summed E-state index contributed by atoms with van der Waals surface area (Å²) >= 11 is 0. The van der Waals surface area contributed by atoms with Gasteiger partial charge in [-0.2, -0.15) is 0 Å². The molecule has 0 heterocycles. The second-order valence-electron chi connectivity index (χ2n) is 17.2. The molecule has 59 heavy (non-hydrogen) atoms. The molecule has 0 aromatic heterocycles. The normalized spacial score (nSPS) is 13.1. The monoisotopic (exact) mass is 828 g/mol. The first-order valence-corrected chi connectivity index (χ1v) is 25.4.